The van der Waals surface area contributed by atoms with Crippen LogP contribution in [0.25, 0.3) is 0 Å². The lowest BCUT2D eigenvalue weighted by molar-refractivity contribution is -0.102. The van der Waals surface area contributed by atoms with E-state index < -0.39 is 5.60 Å². The zero-order valence-electron chi connectivity index (χ0n) is 11.0. The molecule has 2 rings (SSSR count). The summed E-state index contributed by atoms with van der Waals surface area (Å²) in [6, 6.07) is 0. The van der Waals surface area contributed by atoms with Gasteiger partial charge < -0.3 is 15.6 Å². The molecule has 0 saturated heterocycles. The average Bonchev–Trinajstić information content (AvgIpc) is 3.21. The van der Waals surface area contributed by atoms with E-state index >= 15 is 0 Å². The summed E-state index contributed by atoms with van der Waals surface area (Å²) < 4.78 is 6.01. The van der Waals surface area contributed by atoms with Gasteiger partial charge in [0.15, 0.2) is 0 Å². The molecule has 2 aliphatic rings. The molecule has 3 nitrogen and oxygen atoms in total. The standard InChI is InChI=1S/C14H27NO2/c1-2-11-5-3-4-6-13(11)17-10-14(16,9-15)12-7-8-12/h11-13,16H,2-10,15H2,1H3. The van der Waals surface area contributed by atoms with E-state index in [1.807, 2.05) is 0 Å². The van der Waals surface area contributed by atoms with Crippen LogP contribution in [0.1, 0.15) is 51.9 Å². The number of rotatable bonds is 6. The Morgan fingerprint density at radius 2 is 1.94 bits per heavy atom. The van der Waals surface area contributed by atoms with Crippen LogP contribution in [0.2, 0.25) is 0 Å². The third-order valence-electron chi connectivity index (χ3n) is 4.60. The maximum absolute atomic E-state index is 10.4. The summed E-state index contributed by atoms with van der Waals surface area (Å²) in [6.45, 7) is 3.01. The molecule has 2 aliphatic carbocycles. The van der Waals surface area contributed by atoms with Gasteiger partial charge in [-0.1, -0.05) is 26.2 Å². The number of hydrogen-bond acceptors (Lipinski definition) is 3. The van der Waals surface area contributed by atoms with Gasteiger partial charge in [0.1, 0.15) is 5.60 Å². The van der Waals surface area contributed by atoms with Crippen LogP contribution in [0.15, 0.2) is 0 Å². The highest BCUT2D eigenvalue weighted by molar-refractivity contribution is 4.95. The van der Waals surface area contributed by atoms with Crippen molar-refractivity contribution in [3.63, 3.8) is 0 Å². The highest BCUT2D eigenvalue weighted by Crippen LogP contribution is 2.40. The first-order chi connectivity index (χ1) is 8.19. The van der Waals surface area contributed by atoms with Crippen molar-refractivity contribution in [1.82, 2.24) is 0 Å². The topological polar surface area (TPSA) is 55.5 Å². The quantitative estimate of drug-likeness (QED) is 0.748. The summed E-state index contributed by atoms with van der Waals surface area (Å²) in [7, 11) is 0. The monoisotopic (exact) mass is 241 g/mol. The SMILES string of the molecule is CCC1CCCCC1OCC(O)(CN)C1CC1. The first-order valence-corrected chi connectivity index (χ1v) is 7.23. The van der Waals surface area contributed by atoms with Gasteiger partial charge >= 0.3 is 0 Å². The molecule has 0 spiro atoms. The minimum Gasteiger partial charge on any atom is -0.386 e. The fraction of sp³-hybridized carbons (Fsp3) is 1.00. The van der Waals surface area contributed by atoms with Crippen molar-refractivity contribution in [3.8, 4) is 0 Å². The maximum Gasteiger partial charge on any atom is 0.103 e. The van der Waals surface area contributed by atoms with Gasteiger partial charge in [-0.05, 0) is 37.5 Å². The molecule has 3 atom stereocenters. The average molecular weight is 241 g/mol. The predicted octanol–water partition coefficient (Wildman–Crippen LogP) is 2.07. The van der Waals surface area contributed by atoms with Crippen molar-refractivity contribution in [2.45, 2.75) is 63.6 Å². The van der Waals surface area contributed by atoms with Gasteiger partial charge in [0.2, 0.25) is 0 Å². The number of ether oxygens (including phenoxy) is 1. The summed E-state index contributed by atoms with van der Waals surface area (Å²) in [5, 5.41) is 10.4. The van der Waals surface area contributed by atoms with E-state index in [1.54, 1.807) is 0 Å². The zero-order chi connectivity index (χ0) is 12.3. The zero-order valence-corrected chi connectivity index (χ0v) is 11.0. The lowest BCUT2D eigenvalue weighted by atomic mass is 9.84. The molecule has 0 aromatic heterocycles. The second-order valence-corrected chi connectivity index (χ2v) is 5.88. The van der Waals surface area contributed by atoms with Gasteiger partial charge in [0.05, 0.1) is 12.7 Å². The highest BCUT2D eigenvalue weighted by atomic mass is 16.5. The van der Waals surface area contributed by atoms with Gasteiger partial charge in [-0.2, -0.15) is 0 Å². The lowest BCUT2D eigenvalue weighted by Crippen LogP contribution is -2.46. The van der Waals surface area contributed by atoms with Gasteiger partial charge in [-0.15, -0.1) is 0 Å². The fourth-order valence-corrected chi connectivity index (χ4v) is 3.08. The number of nitrogens with two attached hydrogens (primary N) is 1. The van der Waals surface area contributed by atoms with E-state index in [4.69, 9.17) is 10.5 Å². The molecule has 100 valence electrons. The van der Waals surface area contributed by atoms with Crippen LogP contribution in [-0.4, -0.2) is 30.0 Å². The third-order valence-corrected chi connectivity index (χ3v) is 4.60. The van der Waals surface area contributed by atoms with Gasteiger partial charge in [0, 0.05) is 6.54 Å². The second kappa shape index (κ2) is 5.68. The minimum atomic E-state index is -0.754. The van der Waals surface area contributed by atoms with E-state index in [2.05, 4.69) is 6.92 Å². The van der Waals surface area contributed by atoms with Crippen LogP contribution in [0.5, 0.6) is 0 Å². The normalized spacial score (nSPS) is 33.4. The summed E-state index contributed by atoms with van der Waals surface area (Å²) >= 11 is 0. The molecule has 17 heavy (non-hydrogen) atoms. The molecule has 3 N–H and O–H groups in total. The lowest BCUT2D eigenvalue weighted by Gasteiger charge is -2.34. The fourth-order valence-electron chi connectivity index (χ4n) is 3.08. The number of aliphatic hydroxyl groups is 1. The van der Waals surface area contributed by atoms with Gasteiger partial charge in [0.25, 0.3) is 0 Å². The van der Waals surface area contributed by atoms with E-state index in [0.29, 0.717) is 31.1 Å². The smallest absolute Gasteiger partial charge is 0.103 e. The Morgan fingerprint density at radius 3 is 2.53 bits per heavy atom. The highest BCUT2D eigenvalue weighted by Gasteiger charge is 2.43. The van der Waals surface area contributed by atoms with E-state index in [1.165, 1.54) is 25.7 Å². The summed E-state index contributed by atoms with van der Waals surface area (Å²) in [5.41, 5.74) is 4.95. The second-order valence-electron chi connectivity index (χ2n) is 5.88. The molecular formula is C14H27NO2. The van der Waals surface area contributed by atoms with Crippen LogP contribution >= 0.6 is 0 Å². The molecule has 0 radical (unpaired) electrons. The molecule has 0 aliphatic heterocycles. The summed E-state index contributed by atoms with van der Waals surface area (Å²) in [4.78, 5) is 0. The van der Waals surface area contributed by atoms with Crippen molar-refractivity contribution in [1.29, 1.82) is 0 Å². The summed E-state index contributed by atoms with van der Waals surface area (Å²) in [5.74, 6) is 1.07. The molecule has 0 aromatic rings. The Labute approximate surface area is 105 Å². The van der Waals surface area contributed by atoms with Crippen LogP contribution in [0.3, 0.4) is 0 Å². The Balaban J connectivity index is 1.82. The van der Waals surface area contributed by atoms with Gasteiger partial charge in [-0.3, -0.25) is 0 Å². The van der Waals surface area contributed by atoms with Crippen molar-refractivity contribution in [3.05, 3.63) is 0 Å². The van der Waals surface area contributed by atoms with Crippen molar-refractivity contribution >= 4 is 0 Å². The van der Waals surface area contributed by atoms with Gasteiger partial charge in [-0.25, -0.2) is 0 Å². The largest absolute Gasteiger partial charge is 0.386 e. The van der Waals surface area contributed by atoms with E-state index in [9.17, 15) is 5.11 Å². The molecular weight excluding hydrogens is 214 g/mol. The summed E-state index contributed by atoms with van der Waals surface area (Å²) in [6.07, 6.45) is 8.81. The van der Waals surface area contributed by atoms with Crippen molar-refractivity contribution in [2.75, 3.05) is 13.2 Å². The molecule has 0 heterocycles. The maximum atomic E-state index is 10.4. The Kier molecular flexibility index (Phi) is 4.45. The molecule has 3 heteroatoms. The van der Waals surface area contributed by atoms with E-state index in [-0.39, 0.29) is 0 Å². The molecule has 2 fully saturated rings. The first-order valence-electron chi connectivity index (χ1n) is 7.23. The Hall–Kier alpha value is -0.120. The molecule has 0 bridgehead atoms. The minimum absolute atomic E-state index is 0.335. The van der Waals surface area contributed by atoms with E-state index in [0.717, 1.165) is 19.3 Å². The molecule has 0 aromatic carbocycles. The van der Waals surface area contributed by atoms with Crippen molar-refractivity contribution < 1.29 is 9.84 Å². The predicted molar refractivity (Wildman–Crippen MR) is 68.7 cm³/mol. The molecule has 0 amide bonds. The molecule has 2 saturated carbocycles. The van der Waals surface area contributed by atoms with Crippen molar-refractivity contribution in [2.24, 2.45) is 17.6 Å². The number of hydrogen-bond donors (Lipinski definition) is 2. The third kappa shape index (κ3) is 3.21. The first kappa shape index (κ1) is 13.3. The Morgan fingerprint density at radius 1 is 1.24 bits per heavy atom. The van der Waals surface area contributed by atoms with Crippen LogP contribution in [-0.2, 0) is 4.74 Å². The molecule has 3 unspecified atom stereocenters. The van der Waals surface area contributed by atoms with Crippen LogP contribution < -0.4 is 5.73 Å². The van der Waals surface area contributed by atoms with Crippen LogP contribution in [0.4, 0.5) is 0 Å². The Bertz CT molecular complexity index is 242. The van der Waals surface area contributed by atoms with Crippen LogP contribution in [0, 0.1) is 11.8 Å².